The number of fused-ring (bicyclic) bond motifs is 2. The minimum Gasteiger partial charge on any atom is -0.387 e. The Morgan fingerprint density at radius 3 is 2.60 bits per heavy atom. The Morgan fingerprint density at radius 1 is 1.14 bits per heavy atom. The standard InChI is InChI=1S/C25H27N5O4S/c31-16-22(33)30-10-5-25(6-11-30)19-13-18(15-27-23(19)28-24(25)34)1-2-21(32)29-8-3-17(4-9-29)14-20-26-7-12-35-20/h1-2,7,12-15,31H,3-6,8-11,16H2,(H,27,28,34)/b2-1+. The second kappa shape index (κ2) is 9.71. The van der Waals surface area contributed by atoms with E-state index in [1.165, 1.54) is 5.57 Å². The molecule has 3 amide bonds. The number of amides is 3. The summed E-state index contributed by atoms with van der Waals surface area (Å²) in [7, 11) is 0. The van der Waals surface area contributed by atoms with Gasteiger partial charge in [-0.25, -0.2) is 9.97 Å². The van der Waals surface area contributed by atoms with E-state index in [1.54, 1.807) is 40.8 Å². The highest BCUT2D eigenvalue weighted by atomic mass is 32.1. The van der Waals surface area contributed by atoms with Gasteiger partial charge in [0.05, 0.1) is 5.41 Å². The third-order valence-electron chi connectivity index (χ3n) is 7.11. The molecule has 3 aliphatic rings. The summed E-state index contributed by atoms with van der Waals surface area (Å²) < 4.78 is 0. The number of thiazole rings is 1. The third kappa shape index (κ3) is 4.63. The zero-order valence-corrected chi connectivity index (χ0v) is 20.1. The maximum absolute atomic E-state index is 12.9. The molecule has 0 unspecified atom stereocenters. The van der Waals surface area contributed by atoms with Crippen LogP contribution in [0.3, 0.4) is 0 Å². The minimum atomic E-state index is -0.741. The van der Waals surface area contributed by atoms with Gasteiger partial charge in [0.1, 0.15) is 17.4 Å². The Morgan fingerprint density at radius 2 is 1.91 bits per heavy atom. The Bertz CT molecular complexity index is 1190. The maximum atomic E-state index is 12.9. The minimum absolute atomic E-state index is 0.0430. The van der Waals surface area contributed by atoms with Crippen molar-refractivity contribution >= 4 is 47.0 Å². The molecule has 9 nitrogen and oxygen atoms in total. The molecule has 5 heterocycles. The van der Waals surface area contributed by atoms with Crippen LogP contribution >= 0.6 is 11.3 Å². The Balaban J connectivity index is 1.24. The predicted octanol–water partition coefficient (Wildman–Crippen LogP) is 2.06. The third-order valence-corrected chi connectivity index (χ3v) is 7.83. The van der Waals surface area contributed by atoms with Crippen LogP contribution in [0.4, 0.5) is 5.82 Å². The van der Waals surface area contributed by atoms with Crippen LogP contribution in [-0.2, 0) is 19.8 Å². The highest BCUT2D eigenvalue weighted by Crippen LogP contribution is 2.44. The smallest absolute Gasteiger partial charge is 0.248 e. The van der Waals surface area contributed by atoms with Crippen molar-refractivity contribution in [3.63, 3.8) is 0 Å². The zero-order valence-electron chi connectivity index (χ0n) is 19.3. The first-order valence-electron chi connectivity index (χ1n) is 11.7. The van der Waals surface area contributed by atoms with E-state index in [4.69, 9.17) is 5.11 Å². The van der Waals surface area contributed by atoms with Crippen LogP contribution in [0, 0.1) is 0 Å². The van der Waals surface area contributed by atoms with E-state index < -0.39 is 12.0 Å². The van der Waals surface area contributed by atoms with Gasteiger partial charge in [0.25, 0.3) is 0 Å². The van der Waals surface area contributed by atoms with Gasteiger partial charge in [-0.2, -0.15) is 0 Å². The molecule has 2 aromatic rings. The lowest BCUT2D eigenvalue weighted by atomic mass is 9.74. The highest BCUT2D eigenvalue weighted by molar-refractivity contribution is 7.10. The van der Waals surface area contributed by atoms with E-state index in [1.807, 2.05) is 16.3 Å². The number of likely N-dealkylation sites (tertiary alicyclic amines) is 2. The molecule has 3 aliphatic heterocycles. The van der Waals surface area contributed by atoms with E-state index in [-0.39, 0.29) is 17.7 Å². The van der Waals surface area contributed by atoms with Crippen molar-refractivity contribution in [2.75, 3.05) is 38.1 Å². The normalized spacial score (nSPS) is 19.2. The summed E-state index contributed by atoms with van der Waals surface area (Å²) in [5.41, 5.74) is 2.13. The van der Waals surface area contributed by atoms with Gasteiger partial charge in [-0.3, -0.25) is 14.4 Å². The van der Waals surface area contributed by atoms with Gasteiger partial charge in [-0.1, -0.05) is 5.57 Å². The number of piperidine rings is 2. The molecule has 5 rings (SSSR count). The first-order valence-corrected chi connectivity index (χ1v) is 12.6. The van der Waals surface area contributed by atoms with Gasteiger partial charge in [0, 0.05) is 55.6 Å². The number of hydrogen-bond acceptors (Lipinski definition) is 7. The summed E-state index contributed by atoms with van der Waals surface area (Å²) in [6.45, 7) is 1.62. The van der Waals surface area contributed by atoms with Crippen molar-refractivity contribution in [3.05, 3.63) is 51.6 Å². The van der Waals surface area contributed by atoms with Crippen LogP contribution in [0.1, 0.15) is 41.8 Å². The number of nitrogens with zero attached hydrogens (tertiary/aromatic N) is 4. The molecule has 0 atom stereocenters. The lowest BCUT2D eigenvalue weighted by Crippen LogP contribution is -2.49. The summed E-state index contributed by atoms with van der Waals surface area (Å²) >= 11 is 1.61. The van der Waals surface area contributed by atoms with Crippen molar-refractivity contribution in [1.29, 1.82) is 0 Å². The van der Waals surface area contributed by atoms with E-state index >= 15 is 0 Å². The van der Waals surface area contributed by atoms with Gasteiger partial charge < -0.3 is 20.2 Å². The molecule has 0 radical (unpaired) electrons. The Kier molecular flexibility index (Phi) is 6.48. The number of rotatable bonds is 4. The van der Waals surface area contributed by atoms with Crippen molar-refractivity contribution in [3.8, 4) is 0 Å². The molecule has 2 aromatic heterocycles. The largest absolute Gasteiger partial charge is 0.387 e. The molecule has 35 heavy (non-hydrogen) atoms. The van der Waals surface area contributed by atoms with E-state index in [0.29, 0.717) is 44.8 Å². The average molecular weight is 494 g/mol. The topological polar surface area (TPSA) is 116 Å². The fourth-order valence-electron chi connectivity index (χ4n) is 5.03. The van der Waals surface area contributed by atoms with Crippen molar-refractivity contribution < 1.29 is 19.5 Å². The summed E-state index contributed by atoms with van der Waals surface area (Å²) in [6, 6.07) is 1.92. The molecule has 2 N–H and O–H groups in total. The monoisotopic (exact) mass is 493 g/mol. The lowest BCUT2D eigenvalue weighted by molar-refractivity contribution is -0.137. The molecule has 0 saturated carbocycles. The predicted molar refractivity (Wildman–Crippen MR) is 132 cm³/mol. The first-order chi connectivity index (χ1) is 17.0. The molecule has 0 aliphatic carbocycles. The molecule has 2 fully saturated rings. The molecular weight excluding hydrogens is 466 g/mol. The van der Waals surface area contributed by atoms with Crippen molar-refractivity contribution in [2.45, 2.75) is 31.1 Å². The van der Waals surface area contributed by atoms with E-state index in [2.05, 4.69) is 21.4 Å². The molecular formula is C25H27N5O4S. The Hall–Kier alpha value is -3.37. The summed E-state index contributed by atoms with van der Waals surface area (Å²) in [4.78, 5) is 49.6. The van der Waals surface area contributed by atoms with Crippen LogP contribution in [0.5, 0.6) is 0 Å². The molecule has 182 valence electrons. The highest BCUT2D eigenvalue weighted by Gasteiger charge is 2.49. The summed E-state index contributed by atoms with van der Waals surface area (Å²) in [5.74, 6) is 0.0630. The van der Waals surface area contributed by atoms with Gasteiger partial charge >= 0.3 is 0 Å². The maximum Gasteiger partial charge on any atom is 0.248 e. The SMILES string of the molecule is O=C(/C=C/c1cnc2c(c1)C1(CCN(C(=O)CO)CC1)C(=O)N2)N1CCC(=Cc2nccs2)CC1. The Labute approximate surface area is 207 Å². The van der Waals surface area contributed by atoms with Gasteiger partial charge in [-0.05, 0) is 49.5 Å². The van der Waals surface area contributed by atoms with E-state index in [0.717, 1.165) is 29.0 Å². The number of anilines is 1. The fourth-order valence-corrected chi connectivity index (χ4v) is 5.65. The second-order valence-corrected chi connectivity index (χ2v) is 10.00. The number of pyridine rings is 1. The van der Waals surface area contributed by atoms with E-state index in [9.17, 15) is 14.4 Å². The van der Waals surface area contributed by atoms with Gasteiger partial charge in [-0.15, -0.1) is 11.3 Å². The van der Waals surface area contributed by atoms with Crippen LogP contribution in [-0.4, -0.2) is 75.4 Å². The number of hydrogen-bond donors (Lipinski definition) is 2. The number of nitrogens with one attached hydrogen (secondary N) is 1. The number of carbonyl (C=O) groups excluding carboxylic acids is 3. The number of aliphatic hydroxyl groups is 1. The summed E-state index contributed by atoms with van der Waals surface area (Å²) in [6.07, 6.45) is 11.5. The van der Waals surface area contributed by atoms with Crippen LogP contribution < -0.4 is 5.32 Å². The quantitative estimate of drug-likeness (QED) is 0.630. The average Bonchev–Trinajstić information content (AvgIpc) is 3.49. The summed E-state index contributed by atoms with van der Waals surface area (Å²) in [5, 5.41) is 15.0. The van der Waals surface area contributed by atoms with Crippen molar-refractivity contribution in [2.24, 2.45) is 0 Å². The second-order valence-electron chi connectivity index (χ2n) is 9.07. The fraction of sp³-hybridized carbons (Fsp3) is 0.400. The number of aromatic nitrogens is 2. The molecule has 2 saturated heterocycles. The van der Waals surface area contributed by atoms with Crippen LogP contribution in [0.2, 0.25) is 0 Å². The molecule has 1 spiro atoms. The van der Waals surface area contributed by atoms with Crippen molar-refractivity contribution in [1.82, 2.24) is 19.8 Å². The zero-order chi connectivity index (χ0) is 24.4. The number of aliphatic hydroxyl groups excluding tert-OH is 1. The first kappa shape index (κ1) is 23.4. The van der Waals surface area contributed by atoms with Crippen LogP contribution in [0.25, 0.3) is 12.2 Å². The lowest BCUT2D eigenvalue weighted by Gasteiger charge is -2.37. The van der Waals surface area contributed by atoms with Gasteiger partial charge in [0.2, 0.25) is 17.7 Å². The number of carbonyl (C=O) groups is 3. The van der Waals surface area contributed by atoms with Gasteiger partial charge in [0.15, 0.2) is 0 Å². The van der Waals surface area contributed by atoms with Crippen LogP contribution in [0.15, 0.2) is 35.5 Å². The molecule has 0 aromatic carbocycles. The molecule has 0 bridgehead atoms. The molecule has 10 heteroatoms.